The molecule has 1 aliphatic heterocycles. The van der Waals surface area contributed by atoms with Crippen molar-refractivity contribution in [3.05, 3.63) is 11.9 Å². The molecule has 0 radical (unpaired) electrons. The number of aromatic nitrogens is 2. The van der Waals surface area contributed by atoms with E-state index in [0.717, 1.165) is 11.6 Å². The molecule has 1 unspecified atom stereocenters. The van der Waals surface area contributed by atoms with Crippen molar-refractivity contribution in [3.8, 4) is 0 Å². The van der Waals surface area contributed by atoms with Gasteiger partial charge in [-0.2, -0.15) is 0 Å². The van der Waals surface area contributed by atoms with E-state index in [2.05, 4.69) is 24.1 Å². The molecule has 0 aromatic carbocycles. The van der Waals surface area contributed by atoms with Crippen molar-refractivity contribution in [2.75, 3.05) is 11.9 Å². The van der Waals surface area contributed by atoms with E-state index in [9.17, 15) is 4.79 Å². The second kappa shape index (κ2) is 3.56. The number of imidazole rings is 1. The summed E-state index contributed by atoms with van der Waals surface area (Å²) in [4.78, 5) is 15.2. The van der Waals surface area contributed by atoms with E-state index in [0.29, 0.717) is 19.0 Å². The maximum atomic E-state index is 10.8. The smallest absolute Gasteiger partial charge is 0.310 e. The predicted molar refractivity (Wildman–Crippen MR) is 55.9 cm³/mol. The number of fused-ring (bicyclic) bond motifs is 1. The Kier molecular flexibility index (Phi) is 2.38. The molecule has 0 amide bonds. The molecule has 0 saturated carbocycles. The number of carbonyl (C=O) groups is 1. The second-order valence-electron chi connectivity index (χ2n) is 4.21. The average Bonchev–Trinajstić information content (AvgIpc) is 2.59. The van der Waals surface area contributed by atoms with E-state index in [1.54, 1.807) is 0 Å². The summed E-state index contributed by atoms with van der Waals surface area (Å²) < 4.78 is 1.89. The molecule has 1 aliphatic rings. The minimum atomic E-state index is -0.757. The lowest BCUT2D eigenvalue weighted by molar-refractivity contribution is -0.141. The van der Waals surface area contributed by atoms with Crippen LogP contribution in [0.5, 0.6) is 0 Å². The van der Waals surface area contributed by atoms with Crippen molar-refractivity contribution in [2.24, 2.45) is 5.92 Å². The van der Waals surface area contributed by atoms with Gasteiger partial charge in [0.1, 0.15) is 0 Å². The van der Waals surface area contributed by atoms with E-state index >= 15 is 0 Å². The zero-order valence-corrected chi connectivity index (χ0v) is 8.90. The summed E-state index contributed by atoms with van der Waals surface area (Å²) in [6, 6.07) is 0. The molecule has 2 rings (SSSR count). The Bertz CT molecular complexity index is 384. The molecular formula is C10H15N3O2. The largest absolute Gasteiger partial charge is 0.481 e. The first-order valence-electron chi connectivity index (χ1n) is 5.11. The van der Waals surface area contributed by atoms with Gasteiger partial charge in [-0.05, 0) is 5.92 Å². The SMILES string of the molecule is CC(C)c1cn2c(n1)NCC(C(=O)O)C2. The van der Waals surface area contributed by atoms with Crippen molar-refractivity contribution in [1.29, 1.82) is 0 Å². The molecule has 0 spiro atoms. The molecule has 5 nitrogen and oxygen atoms in total. The van der Waals surface area contributed by atoms with Gasteiger partial charge < -0.3 is 15.0 Å². The third-order valence-corrected chi connectivity index (χ3v) is 2.66. The van der Waals surface area contributed by atoms with Crippen molar-refractivity contribution in [3.63, 3.8) is 0 Å². The normalized spacial score (nSPS) is 19.8. The van der Waals surface area contributed by atoms with Crippen molar-refractivity contribution in [1.82, 2.24) is 9.55 Å². The second-order valence-corrected chi connectivity index (χ2v) is 4.21. The van der Waals surface area contributed by atoms with Crippen LogP contribution in [0.2, 0.25) is 0 Å². The summed E-state index contributed by atoms with van der Waals surface area (Å²) in [5, 5.41) is 11.9. The van der Waals surface area contributed by atoms with Gasteiger partial charge in [0.25, 0.3) is 0 Å². The summed E-state index contributed by atoms with van der Waals surface area (Å²) >= 11 is 0. The third-order valence-electron chi connectivity index (χ3n) is 2.66. The van der Waals surface area contributed by atoms with E-state index in [1.165, 1.54) is 0 Å². The van der Waals surface area contributed by atoms with E-state index in [-0.39, 0.29) is 5.92 Å². The maximum absolute atomic E-state index is 10.8. The molecule has 0 fully saturated rings. The predicted octanol–water partition coefficient (Wildman–Crippen LogP) is 1.13. The summed E-state index contributed by atoms with van der Waals surface area (Å²) in [6.07, 6.45) is 1.93. The van der Waals surface area contributed by atoms with Crippen LogP contribution in [0.4, 0.5) is 5.95 Å². The molecule has 1 aromatic heterocycles. The highest BCUT2D eigenvalue weighted by Crippen LogP contribution is 2.21. The maximum Gasteiger partial charge on any atom is 0.310 e. The summed E-state index contributed by atoms with van der Waals surface area (Å²) in [7, 11) is 0. The van der Waals surface area contributed by atoms with Crippen LogP contribution in [0.3, 0.4) is 0 Å². The van der Waals surface area contributed by atoms with Crippen LogP contribution in [0.25, 0.3) is 0 Å². The Morgan fingerprint density at radius 3 is 3.07 bits per heavy atom. The monoisotopic (exact) mass is 209 g/mol. The number of nitrogens with one attached hydrogen (secondary N) is 1. The van der Waals surface area contributed by atoms with Crippen molar-refractivity contribution >= 4 is 11.9 Å². The van der Waals surface area contributed by atoms with Crippen LogP contribution >= 0.6 is 0 Å². The molecule has 2 N–H and O–H groups in total. The molecule has 1 aromatic rings. The summed E-state index contributed by atoms with van der Waals surface area (Å²) in [5.41, 5.74) is 1.00. The highest BCUT2D eigenvalue weighted by molar-refractivity contribution is 5.71. The van der Waals surface area contributed by atoms with Crippen molar-refractivity contribution in [2.45, 2.75) is 26.3 Å². The quantitative estimate of drug-likeness (QED) is 0.766. The Morgan fingerprint density at radius 1 is 1.73 bits per heavy atom. The lowest BCUT2D eigenvalue weighted by atomic mass is 10.1. The highest BCUT2D eigenvalue weighted by atomic mass is 16.4. The van der Waals surface area contributed by atoms with Crippen LogP contribution in [0.1, 0.15) is 25.5 Å². The number of carboxylic acids is 1. The number of hydrogen-bond acceptors (Lipinski definition) is 3. The summed E-state index contributed by atoms with van der Waals surface area (Å²) in [5.74, 6) is 0.0454. The zero-order valence-electron chi connectivity index (χ0n) is 8.90. The number of anilines is 1. The number of rotatable bonds is 2. The number of carboxylic acid groups (broad SMARTS) is 1. The van der Waals surface area contributed by atoms with Gasteiger partial charge in [0.15, 0.2) is 0 Å². The molecule has 15 heavy (non-hydrogen) atoms. The number of nitrogens with zero attached hydrogens (tertiary/aromatic N) is 2. The highest BCUT2D eigenvalue weighted by Gasteiger charge is 2.25. The van der Waals surface area contributed by atoms with Crippen LogP contribution in [0.15, 0.2) is 6.20 Å². The minimum Gasteiger partial charge on any atom is -0.481 e. The first-order chi connectivity index (χ1) is 7.08. The van der Waals surface area contributed by atoms with Gasteiger partial charge in [0.05, 0.1) is 11.6 Å². The van der Waals surface area contributed by atoms with Crippen LogP contribution in [-0.4, -0.2) is 27.2 Å². The first-order valence-corrected chi connectivity index (χ1v) is 5.11. The molecule has 0 bridgehead atoms. The van der Waals surface area contributed by atoms with Gasteiger partial charge in [-0.1, -0.05) is 13.8 Å². The fourth-order valence-corrected chi connectivity index (χ4v) is 1.68. The van der Waals surface area contributed by atoms with Crippen LogP contribution < -0.4 is 5.32 Å². The lowest BCUT2D eigenvalue weighted by Crippen LogP contribution is -2.32. The van der Waals surface area contributed by atoms with Crippen molar-refractivity contribution < 1.29 is 9.90 Å². The topological polar surface area (TPSA) is 67.2 Å². The van der Waals surface area contributed by atoms with Gasteiger partial charge in [0.2, 0.25) is 5.95 Å². The van der Waals surface area contributed by atoms with Gasteiger partial charge >= 0.3 is 5.97 Å². The Balaban J connectivity index is 2.22. The van der Waals surface area contributed by atoms with E-state index in [1.807, 2.05) is 10.8 Å². The lowest BCUT2D eigenvalue weighted by Gasteiger charge is -2.21. The molecule has 5 heteroatoms. The van der Waals surface area contributed by atoms with E-state index < -0.39 is 5.97 Å². The first kappa shape index (κ1) is 10.0. The Morgan fingerprint density at radius 2 is 2.47 bits per heavy atom. The van der Waals surface area contributed by atoms with Gasteiger partial charge in [-0.15, -0.1) is 0 Å². The fraction of sp³-hybridized carbons (Fsp3) is 0.600. The molecule has 0 saturated heterocycles. The van der Waals surface area contributed by atoms with Gasteiger partial charge in [-0.25, -0.2) is 4.98 Å². The fourth-order valence-electron chi connectivity index (χ4n) is 1.68. The van der Waals surface area contributed by atoms with Crippen LogP contribution in [-0.2, 0) is 11.3 Å². The third kappa shape index (κ3) is 1.82. The van der Waals surface area contributed by atoms with Crippen LogP contribution in [0, 0.1) is 5.92 Å². The minimum absolute atomic E-state index is 0.355. The standard InChI is InChI=1S/C10H15N3O2/c1-6(2)8-5-13-4-7(9(14)15)3-11-10(13)12-8/h5-7H,3-4H2,1-2H3,(H,11,12)(H,14,15). The molecule has 1 atom stereocenters. The Labute approximate surface area is 88.1 Å². The summed E-state index contributed by atoms with van der Waals surface area (Å²) in [6.45, 7) is 5.12. The van der Waals surface area contributed by atoms with Gasteiger partial charge in [0, 0.05) is 19.3 Å². The molecule has 2 heterocycles. The Hall–Kier alpha value is -1.52. The van der Waals surface area contributed by atoms with E-state index in [4.69, 9.17) is 5.11 Å². The number of hydrogen-bond donors (Lipinski definition) is 2. The zero-order chi connectivity index (χ0) is 11.0. The van der Waals surface area contributed by atoms with Gasteiger partial charge in [-0.3, -0.25) is 4.79 Å². The number of aliphatic carboxylic acids is 1. The molecule has 0 aliphatic carbocycles. The average molecular weight is 209 g/mol. The molecule has 82 valence electrons. The molecular weight excluding hydrogens is 194 g/mol.